The molecule has 5 nitrogen and oxygen atoms in total. The summed E-state index contributed by atoms with van der Waals surface area (Å²) >= 11 is 6.01. The predicted octanol–water partition coefficient (Wildman–Crippen LogP) is 2.41. The minimum Gasteiger partial charge on any atom is -0.381 e. The molecule has 0 spiro atoms. The summed E-state index contributed by atoms with van der Waals surface area (Å²) in [5.41, 5.74) is 1.81. The van der Waals surface area contributed by atoms with E-state index >= 15 is 0 Å². The SMILES string of the molecule is N#C[C@@H](NC(=O)Cc1c[nH]c2ccc(Cl)cc12)[C@@H]1CCOC1. The summed E-state index contributed by atoms with van der Waals surface area (Å²) in [7, 11) is 0. The Bertz CT molecular complexity index is 729. The van der Waals surface area contributed by atoms with Gasteiger partial charge in [-0.25, -0.2) is 0 Å². The Morgan fingerprint density at radius 3 is 3.18 bits per heavy atom. The predicted molar refractivity (Wildman–Crippen MR) is 83.5 cm³/mol. The molecule has 1 fully saturated rings. The van der Waals surface area contributed by atoms with E-state index < -0.39 is 6.04 Å². The van der Waals surface area contributed by atoms with Crippen LogP contribution < -0.4 is 5.32 Å². The zero-order valence-electron chi connectivity index (χ0n) is 11.9. The average Bonchev–Trinajstić information content (AvgIpc) is 3.15. The first-order chi connectivity index (χ1) is 10.7. The summed E-state index contributed by atoms with van der Waals surface area (Å²) in [6.45, 7) is 1.18. The Balaban J connectivity index is 1.70. The number of rotatable bonds is 4. The molecular weight excluding hydrogens is 302 g/mol. The molecule has 1 aromatic heterocycles. The van der Waals surface area contributed by atoms with Crippen LogP contribution >= 0.6 is 11.6 Å². The lowest BCUT2D eigenvalue weighted by Gasteiger charge is -2.16. The first-order valence-corrected chi connectivity index (χ1v) is 7.57. The zero-order valence-corrected chi connectivity index (χ0v) is 12.7. The molecule has 0 bridgehead atoms. The number of H-pyrrole nitrogens is 1. The van der Waals surface area contributed by atoms with E-state index in [0.717, 1.165) is 22.9 Å². The number of benzene rings is 1. The number of carbonyl (C=O) groups is 1. The summed E-state index contributed by atoms with van der Waals surface area (Å²) in [4.78, 5) is 15.3. The third kappa shape index (κ3) is 3.08. The molecule has 1 saturated heterocycles. The molecule has 2 heterocycles. The first-order valence-electron chi connectivity index (χ1n) is 7.19. The van der Waals surface area contributed by atoms with E-state index in [0.29, 0.717) is 18.2 Å². The molecule has 22 heavy (non-hydrogen) atoms. The van der Waals surface area contributed by atoms with Gasteiger partial charge in [-0.1, -0.05) is 11.6 Å². The molecule has 1 aromatic carbocycles. The number of aromatic nitrogens is 1. The van der Waals surface area contributed by atoms with Crippen molar-refractivity contribution in [3.05, 3.63) is 35.0 Å². The van der Waals surface area contributed by atoms with Gasteiger partial charge in [-0.3, -0.25) is 4.79 Å². The van der Waals surface area contributed by atoms with Crippen LogP contribution in [-0.2, 0) is 16.0 Å². The normalized spacial score (nSPS) is 19.0. The molecule has 2 aromatic rings. The van der Waals surface area contributed by atoms with E-state index in [4.69, 9.17) is 16.3 Å². The van der Waals surface area contributed by atoms with Gasteiger partial charge in [-0.15, -0.1) is 0 Å². The number of amides is 1. The standard InChI is InChI=1S/C16H16ClN3O2/c17-12-1-2-14-13(6-12)11(8-19-14)5-16(21)20-15(7-18)10-3-4-22-9-10/h1-2,6,8,10,15,19H,3-5,9H2,(H,20,21)/t10-,15-/m1/s1. The zero-order chi connectivity index (χ0) is 15.5. The number of halogens is 1. The number of fused-ring (bicyclic) bond motifs is 1. The topological polar surface area (TPSA) is 77.9 Å². The van der Waals surface area contributed by atoms with Crippen molar-refractivity contribution < 1.29 is 9.53 Å². The summed E-state index contributed by atoms with van der Waals surface area (Å²) in [6.07, 6.45) is 2.83. The Kier molecular flexibility index (Phi) is 4.32. The smallest absolute Gasteiger partial charge is 0.225 e. The van der Waals surface area contributed by atoms with E-state index in [9.17, 15) is 10.1 Å². The number of hydrogen-bond acceptors (Lipinski definition) is 3. The van der Waals surface area contributed by atoms with Crippen molar-refractivity contribution in [1.29, 1.82) is 5.26 Å². The van der Waals surface area contributed by atoms with Crippen LogP contribution in [0.3, 0.4) is 0 Å². The Morgan fingerprint density at radius 2 is 2.45 bits per heavy atom. The van der Waals surface area contributed by atoms with Gasteiger partial charge in [-0.05, 0) is 30.2 Å². The fraction of sp³-hybridized carbons (Fsp3) is 0.375. The van der Waals surface area contributed by atoms with Gasteiger partial charge in [0, 0.05) is 34.6 Å². The maximum atomic E-state index is 12.2. The quantitative estimate of drug-likeness (QED) is 0.909. The van der Waals surface area contributed by atoms with Gasteiger partial charge in [0.05, 0.1) is 19.1 Å². The molecule has 0 radical (unpaired) electrons. The number of nitrogens with one attached hydrogen (secondary N) is 2. The van der Waals surface area contributed by atoms with Crippen molar-refractivity contribution in [2.45, 2.75) is 18.9 Å². The lowest BCUT2D eigenvalue weighted by atomic mass is 10.00. The van der Waals surface area contributed by atoms with Gasteiger partial charge >= 0.3 is 0 Å². The van der Waals surface area contributed by atoms with Crippen LogP contribution in [0.2, 0.25) is 5.02 Å². The van der Waals surface area contributed by atoms with Crippen molar-refractivity contribution in [3.8, 4) is 6.07 Å². The molecular formula is C16H16ClN3O2. The molecule has 114 valence electrons. The average molecular weight is 318 g/mol. The van der Waals surface area contributed by atoms with Gasteiger partial charge < -0.3 is 15.0 Å². The van der Waals surface area contributed by atoms with Crippen LogP contribution in [0.15, 0.2) is 24.4 Å². The van der Waals surface area contributed by atoms with E-state index in [1.54, 1.807) is 12.3 Å². The highest BCUT2D eigenvalue weighted by atomic mass is 35.5. The fourth-order valence-electron chi connectivity index (χ4n) is 2.77. The van der Waals surface area contributed by atoms with Crippen LogP contribution in [0, 0.1) is 17.2 Å². The molecule has 0 saturated carbocycles. The molecule has 6 heteroatoms. The molecule has 1 aliphatic rings. The van der Waals surface area contributed by atoms with E-state index in [1.165, 1.54) is 0 Å². The van der Waals surface area contributed by atoms with Gasteiger partial charge in [-0.2, -0.15) is 5.26 Å². The molecule has 2 N–H and O–H groups in total. The second-order valence-corrected chi connectivity index (χ2v) is 5.91. The molecule has 0 unspecified atom stereocenters. The lowest BCUT2D eigenvalue weighted by Crippen LogP contribution is -2.40. The summed E-state index contributed by atoms with van der Waals surface area (Å²) < 4.78 is 5.28. The Labute approximate surface area is 133 Å². The van der Waals surface area contributed by atoms with Crippen LogP contribution in [0.5, 0.6) is 0 Å². The Morgan fingerprint density at radius 1 is 1.59 bits per heavy atom. The number of carbonyl (C=O) groups excluding carboxylic acids is 1. The number of nitrogens with zero attached hydrogens (tertiary/aromatic N) is 1. The second kappa shape index (κ2) is 6.39. The van der Waals surface area contributed by atoms with Crippen LogP contribution in [0.25, 0.3) is 10.9 Å². The minimum atomic E-state index is -0.496. The molecule has 3 rings (SSSR count). The number of nitriles is 1. The number of aromatic amines is 1. The van der Waals surface area contributed by atoms with Gasteiger partial charge in [0.2, 0.25) is 5.91 Å². The summed E-state index contributed by atoms with van der Waals surface area (Å²) in [6, 6.07) is 7.18. The highest BCUT2D eigenvalue weighted by Gasteiger charge is 2.27. The van der Waals surface area contributed by atoms with Crippen molar-refractivity contribution in [1.82, 2.24) is 10.3 Å². The minimum absolute atomic E-state index is 0.0753. The van der Waals surface area contributed by atoms with Gasteiger partial charge in [0.15, 0.2) is 0 Å². The maximum absolute atomic E-state index is 12.2. The van der Waals surface area contributed by atoms with Crippen molar-refractivity contribution in [2.75, 3.05) is 13.2 Å². The molecule has 1 amide bonds. The fourth-order valence-corrected chi connectivity index (χ4v) is 2.94. The third-order valence-corrected chi connectivity index (χ3v) is 4.21. The van der Waals surface area contributed by atoms with E-state index in [2.05, 4.69) is 16.4 Å². The van der Waals surface area contributed by atoms with Crippen molar-refractivity contribution in [3.63, 3.8) is 0 Å². The second-order valence-electron chi connectivity index (χ2n) is 5.48. The first kappa shape index (κ1) is 14.9. The maximum Gasteiger partial charge on any atom is 0.225 e. The van der Waals surface area contributed by atoms with Crippen LogP contribution in [0.1, 0.15) is 12.0 Å². The number of ether oxygens (including phenoxy) is 1. The monoisotopic (exact) mass is 317 g/mol. The lowest BCUT2D eigenvalue weighted by molar-refractivity contribution is -0.121. The summed E-state index contributed by atoms with van der Waals surface area (Å²) in [5, 5.41) is 13.6. The van der Waals surface area contributed by atoms with E-state index in [-0.39, 0.29) is 18.2 Å². The van der Waals surface area contributed by atoms with E-state index in [1.807, 2.05) is 12.1 Å². The summed E-state index contributed by atoms with van der Waals surface area (Å²) in [5.74, 6) is -0.0920. The third-order valence-electron chi connectivity index (χ3n) is 3.97. The molecule has 0 aliphatic carbocycles. The van der Waals surface area contributed by atoms with Crippen LogP contribution in [0.4, 0.5) is 0 Å². The highest BCUT2D eigenvalue weighted by molar-refractivity contribution is 6.31. The largest absolute Gasteiger partial charge is 0.381 e. The van der Waals surface area contributed by atoms with Crippen LogP contribution in [-0.4, -0.2) is 30.1 Å². The van der Waals surface area contributed by atoms with Crippen molar-refractivity contribution in [2.24, 2.45) is 5.92 Å². The Hall–Kier alpha value is -2.03. The molecule has 2 atom stereocenters. The van der Waals surface area contributed by atoms with Crippen molar-refractivity contribution >= 4 is 28.4 Å². The van der Waals surface area contributed by atoms with Gasteiger partial charge in [0.1, 0.15) is 6.04 Å². The number of hydrogen-bond donors (Lipinski definition) is 2. The van der Waals surface area contributed by atoms with Gasteiger partial charge in [0.25, 0.3) is 0 Å². The highest BCUT2D eigenvalue weighted by Crippen LogP contribution is 2.23. The molecule has 1 aliphatic heterocycles.